The molecule has 3 aromatic rings. The molecule has 2 aromatic carbocycles. The molecule has 1 atom stereocenters. The number of carbonyl (C=O) groups is 2. The van der Waals surface area contributed by atoms with Crippen molar-refractivity contribution in [3.8, 4) is 6.07 Å². The van der Waals surface area contributed by atoms with E-state index in [-0.39, 0.29) is 17.6 Å². The smallest absolute Gasteiger partial charge is 0.265 e. The molecule has 2 heterocycles. The number of nitrogens with one attached hydrogen (secondary N) is 1. The van der Waals surface area contributed by atoms with E-state index in [0.29, 0.717) is 38.7 Å². The third-order valence-electron chi connectivity index (χ3n) is 4.82. The summed E-state index contributed by atoms with van der Waals surface area (Å²) in [5, 5.41) is 12.1. The molecule has 0 aliphatic carbocycles. The first kappa shape index (κ1) is 19.4. The summed E-state index contributed by atoms with van der Waals surface area (Å²) in [6.07, 6.45) is 0. The molecule has 0 saturated carbocycles. The Morgan fingerprint density at radius 1 is 1.24 bits per heavy atom. The number of rotatable bonds is 3. The van der Waals surface area contributed by atoms with E-state index in [4.69, 9.17) is 5.26 Å². The van der Waals surface area contributed by atoms with Crippen molar-refractivity contribution >= 4 is 50.7 Å². The topological polar surface area (TPSA) is 73.2 Å². The van der Waals surface area contributed by atoms with E-state index in [9.17, 15) is 14.0 Å². The molecule has 2 amide bonds. The Kier molecular flexibility index (Phi) is 5.26. The van der Waals surface area contributed by atoms with E-state index in [2.05, 4.69) is 5.32 Å². The van der Waals surface area contributed by atoms with Crippen molar-refractivity contribution in [3.05, 3.63) is 64.3 Å². The first-order valence-corrected chi connectivity index (χ1v) is 10.8. The van der Waals surface area contributed by atoms with Gasteiger partial charge < -0.3 is 10.2 Å². The number of halogens is 1. The van der Waals surface area contributed by atoms with Gasteiger partial charge in [-0.25, -0.2) is 4.39 Å². The molecule has 1 aliphatic rings. The number of thiophene rings is 1. The van der Waals surface area contributed by atoms with Crippen LogP contribution in [-0.2, 0) is 4.79 Å². The van der Waals surface area contributed by atoms with E-state index in [1.54, 1.807) is 48.2 Å². The van der Waals surface area contributed by atoms with Crippen molar-refractivity contribution in [1.29, 1.82) is 5.26 Å². The molecule has 1 aromatic heterocycles. The standard InChI is InChI=1S/C21H16FN3O2S2/c1-12-18-15(22)3-2-4-17(18)29-19(12)21(27)25-11-28-10-16(25)20(26)24-14-7-5-13(9-23)6-8-14/h2-8,16H,10-11H2,1H3,(H,24,26). The summed E-state index contributed by atoms with van der Waals surface area (Å²) in [6, 6.07) is 12.8. The maximum atomic E-state index is 14.2. The zero-order valence-corrected chi connectivity index (χ0v) is 17.1. The van der Waals surface area contributed by atoms with E-state index in [1.807, 2.05) is 6.07 Å². The summed E-state index contributed by atoms with van der Waals surface area (Å²) < 4.78 is 14.9. The lowest BCUT2D eigenvalue weighted by atomic mass is 10.1. The van der Waals surface area contributed by atoms with Crippen molar-refractivity contribution in [1.82, 2.24) is 4.90 Å². The molecule has 5 nitrogen and oxygen atoms in total. The van der Waals surface area contributed by atoms with Gasteiger partial charge in [0, 0.05) is 21.5 Å². The van der Waals surface area contributed by atoms with Crippen molar-refractivity contribution in [2.45, 2.75) is 13.0 Å². The van der Waals surface area contributed by atoms with Crippen molar-refractivity contribution < 1.29 is 14.0 Å². The summed E-state index contributed by atoms with van der Waals surface area (Å²) in [5.74, 6) is 0.0133. The molecule has 0 bridgehead atoms. The van der Waals surface area contributed by atoms with Crippen LogP contribution < -0.4 is 5.32 Å². The summed E-state index contributed by atoms with van der Waals surface area (Å²) in [7, 11) is 0. The second-order valence-electron chi connectivity index (χ2n) is 6.64. The summed E-state index contributed by atoms with van der Waals surface area (Å²) in [6.45, 7) is 1.74. The monoisotopic (exact) mass is 425 g/mol. The van der Waals surface area contributed by atoms with Crippen molar-refractivity contribution in [2.75, 3.05) is 16.9 Å². The van der Waals surface area contributed by atoms with E-state index in [1.165, 1.54) is 29.2 Å². The minimum absolute atomic E-state index is 0.256. The van der Waals surface area contributed by atoms with E-state index in [0.717, 1.165) is 4.70 Å². The summed E-state index contributed by atoms with van der Waals surface area (Å²) in [4.78, 5) is 28.0. The molecule has 0 spiro atoms. The van der Waals surface area contributed by atoms with Crippen LogP contribution in [0.4, 0.5) is 10.1 Å². The lowest BCUT2D eigenvalue weighted by Crippen LogP contribution is -2.44. The maximum absolute atomic E-state index is 14.2. The number of thioether (sulfide) groups is 1. The van der Waals surface area contributed by atoms with Crippen LogP contribution in [0, 0.1) is 24.1 Å². The van der Waals surface area contributed by atoms with Gasteiger partial charge in [-0.1, -0.05) is 6.07 Å². The number of hydrogen-bond donors (Lipinski definition) is 1. The lowest BCUT2D eigenvalue weighted by Gasteiger charge is -2.23. The predicted molar refractivity (Wildman–Crippen MR) is 114 cm³/mol. The number of nitrogens with zero attached hydrogens (tertiary/aromatic N) is 2. The summed E-state index contributed by atoms with van der Waals surface area (Å²) >= 11 is 2.76. The van der Waals surface area contributed by atoms with Gasteiger partial charge in [-0.15, -0.1) is 23.1 Å². The van der Waals surface area contributed by atoms with Crippen LogP contribution in [0.1, 0.15) is 20.8 Å². The Hall–Kier alpha value is -2.89. The third kappa shape index (κ3) is 3.59. The fraction of sp³-hybridized carbons (Fsp3) is 0.190. The predicted octanol–water partition coefficient (Wildman–Crippen LogP) is 4.37. The highest BCUT2D eigenvalue weighted by Crippen LogP contribution is 2.35. The fourth-order valence-corrected chi connectivity index (χ4v) is 5.63. The van der Waals surface area contributed by atoms with E-state index >= 15 is 0 Å². The highest BCUT2D eigenvalue weighted by Gasteiger charge is 2.36. The number of anilines is 1. The van der Waals surface area contributed by atoms with Gasteiger partial charge in [-0.2, -0.15) is 5.26 Å². The van der Waals surface area contributed by atoms with Crippen LogP contribution >= 0.6 is 23.1 Å². The van der Waals surface area contributed by atoms with Gasteiger partial charge >= 0.3 is 0 Å². The Labute approximate surface area is 175 Å². The van der Waals surface area contributed by atoms with Gasteiger partial charge in [0.1, 0.15) is 11.9 Å². The SMILES string of the molecule is Cc1c(C(=O)N2CSCC2C(=O)Nc2ccc(C#N)cc2)sc2cccc(F)c12. The van der Waals surface area contributed by atoms with Crippen LogP contribution in [0.15, 0.2) is 42.5 Å². The minimum Gasteiger partial charge on any atom is -0.324 e. The first-order chi connectivity index (χ1) is 14.0. The van der Waals surface area contributed by atoms with Crippen LogP contribution in [0.3, 0.4) is 0 Å². The number of hydrogen-bond acceptors (Lipinski definition) is 5. The molecule has 1 saturated heterocycles. The quantitative estimate of drug-likeness (QED) is 0.676. The number of amides is 2. The molecule has 8 heteroatoms. The molecule has 146 valence electrons. The van der Waals surface area contributed by atoms with E-state index < -0.39 is 6.04 Å². The second kappa shape index (κ2) is 7.85. The Balaban J connectivity index is 1.57. The average Bonchev–Trinajstić information content (AvgIpc) is 3.34. The van der Waals surface area contributed by atoms with Gasteiger partial charge in [0.15, 0.2) is 0 Å². The van der Waals surface area contributed by atoms with Crippen LogP contribution in [0.5, 0.6) is 0 Å². The van der Waals surface area contributed by atoms with Crippen LogP contribution in [0.2, 0.25) is 0 Å². The first-order valence-electron chi connectivity index (χ1n) is 8.87. The Bertz CT molecular complexity index is 1150. The molecule has 1 N–H and O–H groups in total. The largest absolute Gasteiger partial charge is 0.324 e. The molecule has 29 heavy (non-hydrogen) atoms. The zero-order chi connectivity index (χ0) is 20.5. The summed E-state index contributed by atoms with van der Waals surface area (Å²) in [5.41, 5.74) is 1.68. The fourth-order valence-electron chi connectivity index (χ4n) is 3.30. The van der Waals surface area contributed by atoms with Gasteiger partial charge in [0.05, 0.1) is 22.4 Å². The minimum atomic E-state index is -0.613. The highest BCUT2D eigenvalue weighted by molar-refractivity contribution is 7.99. The Morgan fingerprint density at radius 3 is 2.69 bits per heavy atom. The number of benzene rings is 2. The number of fused-ring (bicyclic) bond motifs is 1. The molecule has 1 aliphatic heterocycles. The zero-order valence-electron chi connectivity index (χ0n) is 15.4. The van der Waals surface area contributed by atoms with Crippen molar-refractivity contribution in [3.63, 3.8) is 0 Å². The lowest BCUT2D eigenvalue weighted by molar-refractivity contribution is -0.119. The molecule has 1 fully saturated rings. The Morgan fingerprint density at radius 2 is 2.00 bits per heavy atom. The van der Waals surface area contributed by atoms with Gasteiger partial charge in [0.2, 0.25) is 5.91 Å². The second-order valence-corrected chi connectivity index (χ2v) is 8.69. The van der Waals surface area contributed by atoms with Gasteiger partial charge in [-0.05, 0) is 48.9 Å². The highest BCUT2D eigenvalue weighted by atomic mass is 32.2. The number of nitriles is 1. The number of aryl methyl sites for hydroxylation is 1. The molecule has 1 unspecified atom stereocenters. The van der Waals surface area contributed by atoms with Gasteiger partial charge in [0.25, 0.3) is 5.91 Å². The third-order valence-corrected chi connectivity index (χ3v) is 7.08. The van der Waals surface area contributed by atoms with Crippen LogP contribution in [0.25, 0.3) is 10.1 Å². The normalized spacial score (nSPS) is 16.0. The molecule has 4 rings (SSSR count). The molecular weight excluding hydrogens is 409 g/mol. The molecular formula is C21H16FN3O2S2. The molecule has 0 radical (unpaired) electrons. The van der Waals surface area contributed by atoms with Gasteiger partial charge in [-0.3, -0.25) is 9.59 Å². The van der Waals surface area contributed by atoms with Crippen LogP contribution in [-0.4, -0.2) is 34.4 Å². The maximum Gasteiger partial charge on any atom is 0.265 e. The average molecular weight is 426 g/mol. The van der Waals surface area contributed by atoms with Crippen molar-refractivity contribution in [2.24, 2.45) is 0 Å². The number of carbonyl (C=O) groups excluding carboxylic acids is 2.